The van der Waals surface area contributed by atoms with E-state index >= 15 is 0 Å². The van der Waals surface area contributed by atoms with Crippen molar-refractivity contribution in [1.82, 2.24) is 15.2 Å². The molecule has 6 nitrogen and oxygen atoms in total. The topological polar surface area (TPSA) is 66.6 Å². The van der Waals surface area contributed by atoms with Crippen LogP contribution in [0.1, 0.15) is 11.3 Å². The quantitative estimate of drug-likeness (QED) is 0.903. The fourth-order valence-corrected chi connectivity index (χ4v) is 2.66. The van der Waals surface area contributed by atoms with E-state index in [1.165, 1.54) is 0 Å². The number of urea groups is 1. The van der Waals surface area contributed by atoms with E-state index in [1.54, 1.807) is 18.0 Å². The van der Waals surface area contributed by atoms with Gasteiger partial charge in [0.1, 0.15) is 13.2 Å². The van der Waals surface area contributed by atoms with Gasteiger partial charge in [-0.1, -0.05) is 11.6 Å². The van der Waals surface area contributed by atoms with Crippen molar-refractivity contribution < 1.29 is 14.3 Å². The Hall–Kier alpha value is -2.34. The first-order valence-electron chi connectivity index (χ1n) is 7.33. The Labute approximate surface area is 139 Å². The number of carbonyl (C=O) groups excluding carboxylic acids is 1. The second-order valence-electron chi connectivity index (χ2n) is 5.31. The zero-order chi connectivity index (χ0) is 16.2. The van der Waals surface area contributed by atoms with Gasteiger partial charge < -0.3 is 24.7 Å². The Morgan fingerprint density at radius 2 is 2.22 bits per heavy atom. The van der Waals surface area contributed by atoms with Crippen LogP contribution in [0, 0.1) is 0 Å². The third-order valence-corrected chi connectivity index (χ3v) is 3.80. The molecule has 1 aliphatic rings. The molecule has 0 spiro atoms. The van der Waals surface area contributed by atoms with Crippen molar-refractivity contribution >= 4 is 17.6 Å². The van der Waals surface area contributed by atoms with Gasteiger partial charge in [-0.25, -0.2) is 4.79 Å². The van der Waals surface area contributed by atoms with Crippen LogP contribution in [-0.2, 0) is 13.1 Å². The van der Waals surface area contributed by atoms with Gasteiger partial charge in [-0.05, 0) is 29.8 Å². The van der Waals surface area contributed by atoms with E-state index in [2.05, 4.69) is 10.3 Å². The van der Waals surface area contributed by atoms with Crippen LogP contribution in [0.15, 0.2) is 30.5 Å². The lowest BCUT2D eigenvalue weighted by Gasteiger charge is -2.21. The van der Waals surface area contributed by atoms with Crippen molar-refractivity contribution in [2.45, 2.75) is 13.1 Å². The molecule has 1 aromatic heterocycles. The molecule has 2 amide bonds. The van der Waals surface area contributed by atoms with Crippen molar-refractivity contribution in [3.05, 3.63) is 46.7 Å². The van der Waals surface area contributed by atoms with E-state index in [1.807, 2.05) is 24.4 Å². The van der Waals surface area contributed by atoms with Gasteiger partial charge in [-0.15, -0.1) is 0 Å². The van der Waals surface area contributed by atoms with Crippen molar-refractivity contribution in [3.8, 4) is 11.5 Å². The summed E-state index contributed by atoms with van der Waals surface area (Å²) in [5, 5.41) is 3.36. The minimum absolute atomic E-state index is 0.161. The third-order valence-electron chi connectivity index (χ3n) is 3.52. The molecule has 122 valence electrons. The first-order valence-corrected chi connectivity index (χ1v) is 7.70. The molecule has 2 heterocycles. The molecule has 0 bridgehead atoms. The zero-order valence-electron chi connectivity index (χ0n) is 12.8. The highest BCUT2D eigenvalue weighted by molar-refractivity contribution is 6.32. The second kappa shape index (κ2) is 6.83. The number of aromatic amines is 1. The molecule has 0 unspecified atom stereocenters. The molecule has 3 rings (SSSR count). The number of hydrogen-bond acceptors (Lipinski definition) is 3. The minimum atomic E-state index is -0.161. The second-order valence-corrected chi connectivity index (χ2v) is 5.72. The number of fused-ring (bicyclic) bond motifs is 1. The first-order chi connectivity index (χ1) is 11.1. The van der Waals surface area contributed by atoms with Crippen LogP contribution in [0.2, 0.25) is 5.02 Å². The summed E-state index contributed by atoms with van der Waals surface area (Å²) < 4.78 is 11.0. The summed E-state index contributed by atoms with van der Waals surface area (Å²) in [5.41, 5.74) is 1.84. The molecule has 0 atom stereocenters. The Kier molecular flexibility index (Phi) is 4.62. The number of nitrogens with one attached hydrogen (secondary N) is 2. The Morgan fingerprint density at radius 3 is 3.00 bits per heavy atom. The van der Waals surface area contributed by atoms with Gasteiger partial charge in [0.25, 0.3) is 0 Å². The molecule has 0 radical (unpaired) electrons. The summed E-state index contributed by atoms with van der Waals surface area (Å²) in [7, 11) is 1.74. The van der Waals surface area contributed by atoms with Crippen LogP contribution < -0.4 is 14.8 Å². The number of rotatable bonds is 4. The predicted octanol–water partition coefficient (Wildman–Crippen LogP) is 2.78. The lowest BCUT2D eigenvalue weighted by molar-refractivity contribution is 0.171. The van der Waals surface area contributed by atoms with Crippen LogP contribution in [0.3, 0.4) is 0 Å². The highest BCUT2D eigenvalue weighted by atomic mass is 35.5. The lowest BCUT2D eigenvalue weighted by Crippen LogP contribution is -2.36. The fourth-order valence-electron chi connectivity index (χ4n) is 2.37. The molecule has 0 fully saturated rings. The summed E-state index contributed by atoms with van der Waals surface area (Å²) in [6.45, 7) is 1.87. The number of hydrogen-bond donors (Lipinski definition) is 2. The van der Waals surface area contributed by atoms with Gasteiger partial charge in [-0.2, -0.15) is 0 Å². The van der Waals surface area contributed by atoms with Gasteiger partial charge in [-0.3, -0.25) is 0 Å². The SMILES string of the molecule is CN(Cc1ccc[nH]1)C(=O)NCc1cc(Cl)c2c(c1)OCCO2. The number of amides is 2. The normalized spacial score (nSPS) is 12.8. The number of carbonyl (C=O) groups is 1. The summed E-state index contributed by atoms with van der Waals surface area (Å²) in [5.74, 6) is 1.18. The maximum atomic E-state index is 12.1. The average molecular weight is 336 g/mol. The molecule has 1 aliphatic heterocycles. The van der Waals surface area contributed by atoms with Gasteiger partial charge in [0.15, 0.2) is 11.5 Å². The van der Waals surface area contributed by atoms with Crippen molar-refractivity contribution in [2.75, 3.05) is 20.3 Å². The van der Waals surface area contributed by atoms with E-state index in [0.29, 0.717) is 42.8 Å². The number of ether oxygens (including phenoxy) is 2. The first kappa shape index (κ1) is 15.6. The average Bonchev–Trinajstić information content (AvgIpc) is 3.05. The zero-order valence-corrected chi connectivity index (χ0v) is 13.5. The number of benzene rings is 1. The molecule has 2 aromatic rings. The Morgan fingerprint density at radius 1 is 1.39 bits per heavy atom. The van der Waals surface area contributed by atoms with Gasteiger partial charge in [0.05, 0.1) is 11.6 Å². The largest absolute Gasteiger partial charge is 0.486 e. The molecule has 0 saturated carbocycles. The number of halogens is 1. The van der Waals surface area contributed by atoms with E-state index in [4.69, 9.17) is 21.1 Å². The molecule has 0 saturated heterocycles. The maximum Gasteiger partial charge on any atom is 0.317 e. The highest BCUT2D eigenvalue weighted by Crippen LogP contribution is 2.38. The molecule has 23 heavy (non-hydrogen) atoms. The van der Waals surface area contributed by atoms with E-state index in [0.717, 1.165) is 11.3 Å². The molecule has 1 aromatic carbocycles. The van der Waals surface area contributed by atoms with Crippen LogP contribution in [-0.4, -0.2) is 36.2 Å². The summed E-state index contributed by atoms with van der Waals surface area (Å²) in [4.78, 5) is 16.8. The molecular weight excluding hydrogens is 318 g/mol. The van der Waals surface area contributed by atoms with Gasteiger partial charge in [0, 0.05) is 25.5 Å². The van der Waals surface area contributed by atoms with E-state index in [9.17, 15) is 4.79 Å². The summed E-state index contributed by atoms with van der Waals surface area (Å²) in [6, 6.07) is 7.29. The van der Waals surface area contributed by atoms with Gasteiger partial charge in [0.2, 0.25) is 0 Å². The summed E-state index contributed by atoms with van der Waals surface area (Å²) in [6.07, 6.45) is 1.83. The highest BCUT2D eigenvalue weighted by Gasteiger charge is 2.17. The van der Waals surface area contributed by atoms with Crippen molar-refractivity contribution in [1.29, 1.82) is 0 Å². The van der Waals surface area contributed by atoms with Crippen LogP contribution in [0.4, 0.5) is 4.79 Å². The molecular formula is C16H18ClN3O3. The van der Waals surface area contributed by atoms with Gasteiger partial charge >= 0.3 is 6.03 Å². The van der Waals surface area contributed by atoms with Crippen molar-refractivity contribution in [2.24, 2.45) is 0 Å². The predicted molar refractivity (Wildman–Crippen MR) is 86.9 cm³/mol. The maximum absolute atomic E-state index is 12.1. The minimum Gasteiger partial charge on any atom is -0.486 e. The lowest BCUT2D eigenvalue weighted by atomic mass is 10.2. The molecule has 7 heteroatoms. The Bertz CT molecular complexity index is 688. The van der Waals surface area contributed by atoms with Crippen LogP contribution in [0.5, 0.6) is 11.5 Å². The fraction of sp³-hybridized carbons (Fsp3) is 0.312. The Balaban J connectivity index is 1.59. The number of nitrogens with zero attached hydrogens (tertiary/aromatic N) is 1. The monoisotopic (exact) mass is 335 g/mol. The van der Waals surface area contributed by atoms with E-state index in [-0.39, 0.29) is 6.03 Å². The smallest absolute Gasteiger partial charge is 0.317 e. The standard InChI is InChI=1S/C16H18ClN3O3/c1-20(10-12-3-2-4-18-12)16(21)19-9-11-7-13(17)15-14(8-11)22-5-6-23-15/h2-4,7-8,18H,5-6,9-10H2,1H3,(H,19,21). The number of H-pyrrole nitrogens is 1. The van der Waals surface area contributed by atoms with Crippen LogP contribution >= 0.6 is 11.6 Å². The molecule has 0 aliphatic carbocycles. The third kappa shape index (κ3) is 3.71. The summed E-state index contributed by atoms with van der Waals surface area (Å²) >= 11 is 6.19. The van der Waals surface area contributed by atoms with Crippen LogP contribution in [0.25, 0.3) is 0 Å². The molecule has 2 N–H and O–H groups in total. The number of aromatic nitrogens is 1. The van der Waals surface area contributed by atoms with Crippen molar-refractivity contribution in [3.63, 3.8) is 0 Å². The van der Waals surface area contributed by atoms with E-state index < -0.39 is 0 Å².